The number of aromatic nitrogens is 1. The number of nitrogens with zero attached hydrogens (tertiary/aromatic N) is 2. The van der Waals surface area contributed by atoms with Crippen molar-refractivity contribution in [1.29, 1.82) is 5.26 Å². The minimum absolute atomic E-state index is 0.182. The topological polar surface area (TPSA) is 87.3 Å². The van der Waals surface area contributed by atoms with Crippen LogP contribution in [0.4, 0.5) is 0 Å². The number of rotatable bonds is 2. The maximum absolute atomic E-state index is 11.5. The van der Waals surface area contributed by atoms with Crippen molar-refractivity contribution in [3.8, 4) is 6.07 Å². The summed E-state index contributed by atoms with van der Waals surface area (Å²) in [5.41, 5.74) is 2.18. The number of hydrogen-bond acceptors (Lipinski definition) is 4. The minimum atomic E-state index is -1.01. The van der Waals surface area contributed by atoms with E-state index in [1.165, 1.54) is 0 Å². The van der Waals surface area contributed by atoms with Gasteiger partial charge in [0.2, 0.25) is 0 Å². The monoisotopic (exact) mass is 275 g/mol. The fraction of sp³-hybridized carbons (Fsp3) is 0.571. The summed E-state index contributed by atoms with van der Waals surface area (Å²) >= 11 is 0. The van der Waals surface area contributed by atoms with Gasteiger partial charge in [-0.3, -0.25) is 0 Å². The zero-order chi connectivity index (χ0) is 14.1. The van der Waals surface area contributed by atoms with E-state index in [4.69, 9.17) is 4.74 Å². The molecule has 0 aromatic carbocycles. The Hall–Kier alpha value is -1.84. The Morgan fingerprint density at radius 1 is 1.45 bits per heavy atom. The molecule has 3 heterocycles. The second kappa shape index (κ2) is 5.27. The molecule has 0 spiro atoms. The molecule has 1 aromatic rings. The van der Waals surface area contributed by atoms with Crippen LogP contribution in [0.25, 0.3) is 0 Å². The van der Waals surface area contributed by atoms with Crippen molar-refractivity contribution in [2.75, 3.05) is 19.8 Å². The summed E-state index contributed by atoms with van der Waals surface area (Å²) in [5.74, 6) is -0.782. The second-order valence-electron chi connectivity index (χ2n) is 5.21. The van der Waals surface area contributed by atoms with Crippen LogP contribution in [0.1, 0.15) is 46.1 Å². The van der Waals surface area contributed by atoms with Crippen LogP contribution in [0.3, 0.4) is 0 Å². The number of carboxylic acids is 1. The van der Waals surface area contributed by atoms with Crippen molar-refractivity contribution in [3.05, 3.63) is 22.5 Å². The van der Waals surface area contributed by atoms with Gasteiger partial charge in [-0.05, 0) is 12.8 Å². The van der Waals surface area contributed by atoms with Crippen molar-refractivity contribution in [1.82, 2.24) is 9.88 Å². The molecule has 1 fully saturated rings. The van der Waals surface area contributed by atoms with Crippen molar-refractivity contribution in [2.24, 2.45) is 0 Å². The number of carbonyl (C=O) groups is 1. The van der Waals surface area contributed by atoms with Crippen LogP contribution in [-0.4, -0.2) is 35.4 Å². The molecule has 0 atom stereocenters. The predicted molar refractivity (Wildman–Crippen MR) is 70.6 cm³/mol. The summed E-state index contributed by atoms with van der Waals surface area (Å²) in [6.45, 7) is 3.40. The third kappa shape index (κ3) is 1.99. The molecule has 0 saturated carbocycles. The van der Waals surface area contributed by atoms with Gasteiger partial charge in [0.05, 0.1) is 11.1 Å². The second-order valence-corrected chi connectivity index (χ2v) is 5.21. The maximum Gasteiger partial charge on any atom is 0.338 e. The fourth-order valence-corrected chi connectivity index (χ4v) is 3.26. The van der Waals surface area contributed by atoms with Crippen LogP contribution < -0.4 is 5.32 Å². The fourth-order valence-electron chi connectivity index (χ4n) is 3.26. The SMILES string of the molecule is N#Cc1c(C(=O)O)c2n(c1C1CCOCC1)CCNC2. The first-order chi connectivity index (χ1) is 9.74. The first kappa shape index (κ1) is 13.2. The van der Waals surface area contributed by atoms with Crippen LogP contribution in [0.5, 0.6) is 0 Å². The van der Waals surface area contributed by atoms with E-state index < -0.39 is 5.97 Å². The molecular formula is C14H17N3O3. The smallest absolute Gasteiger partial charge is 0.338 e. The van der Waals surface area contributed by atoms with E-state index in [1.807, 2.05) is 0 Å². The first-order valence-electron chi connectivity index (χ1n) is 6.91. The maximum atomic E-state index is 11.5. The third-order valence-corrected chi connectivity index (χ3v) is 4.15. The van der Waals surface area contributed by atoms with Crippen molar-refractivity contribution >= 4 is 5.97 Å². The van der Waals surface area contributed by atoms with E-state index in [0.29, 0.717) is 25.3 Å². The van der Waals surface area contributed by atoms with Gasteiger partial charge in [0.15, 0.2) is 0 Å². The Morgan fingerprint density at radius 2 is 2.20 bits per heavy atom. The average molecular weight is 275 g/mol. The van der Waals surface area contributed by atoms with Gasteiger partial charge in [0.1, 0.15) is 6.07 Å². The Kier molecular flexibility index (Phi) is 3.47. The molecule has 2 N–H and O–H groups in total. The molecule has 0 aliphatic carbocycles. The van der Waals surface area contributed by atoms with Crippen molar-refractivity contribution < 1.29 is 14.6 Å². The van der Waals surface area contributed by atoms with E-state index in [0.717, 1.165) is 37.3 Å². The van der Waals surface area contributed by atoms with Gasteiger partial charge < -0.3 is 19.7 Å². The molecule has 0 unspecified atom stereocenters. The molecule has 20 heavy (non-hydrogen) atoms. The van der Waals surface area contributed by atoms with Crippen LogP contribution in [0, 0.1) is 11.3 Å². The van der Waals surface area contributed by atoms with Gasteiger partial charge in [-0.1, -0.05) is 0 Å². The Labute approximate surface area is 117 Å². The Balaban J connectivity index is 2.16. The molecule has 1 saturated heterocycles. The molecular weight excluding hydrogens is 258 g/mol. The summed E-state index contributed by atoms with van der Waals surface area (Å²) in [4.78, 5) is 11.5. The van der Waals surface area contributed by atoms with E-state index in [-0.39, 0.29) is 11.5 Å². The minimum Gasteiger partial charge on any atom is -0.478 e. The number of aromatic carboxylic acids is 1. The quantitative estimate of drug-likeness (QED) is 0.842. The van der Waals surface area contributed by atoms with E-state index in [1.54, 1.807) is 0 Å². The molecule has 106 valence electrons. The van der Waals surface area contributed by atoms with Gasteiger partial charge in [0, 0.05) is 50.2 Å². The Morgan fingerprint density at radius 3 is 2.85 bits per heavy atom. The number of ether oxygens (including phenoxy) is 1. The number of carboxylic acid groups (broad SMARTS) is 1. The number of nitrogens with one attached hydrogen (secondary N) is 1. The average Bonchev–Trinajstić information content (AvgIpc) is 2.82. The van der Waals surface area contributed by atoms with E-state index >= 15 is 0 Å². The van der Waals surface area contributed by atoms with E-state index in [9.17, 15) is 15.2 Å². The zero-order valence-electron chi connectivity index (χ0n) is 11.2. The summed E-state index contributed by atoms with van der Waals surface area (Å²) in [6, 6.07) is 2.13. The van der Waals surface area contributed by atoms with Gasteiger partial charge >= 0.3 is 5.97 Å². The van der Waals surface area contributed by atoms with Gasteiger partial charge in [-0.2, -0.15) is 5.26 Å². The zero-order valence-corrected chi connectivity index (χ0v) is 11.2. The highest BCUT2D eigenvalue weighted by molar-refractivity contribution is 5.93. The largest absolute Gasteiger partial charge is 0.478 e. The highest BCUT2D eigenvalue weighted by Gasteiger charge is 2.32. The standard InChI is InChI=1S/C14H17N3O3/c15-7-10-12(14(18)19)11-8-16-3-4-17(11)13(10)9-1-5-20-6-2-9/h9,16H,1-6,8H2,(H,18,19). The lowest BCUT2D eigenvalue weighted by Gasteiger charge is -2.26. The van der Waals surface area contributed by atoms with Gasteiger partial charge in [0.25, 0.3) is 0 Å². The first-order valence-corrected chi connectivity index (χ1v) is 6.91. The molecule has 3 rings (SSSR count). The lowest BCUT2D eigenvalue weighted by Crippen LogP contribution is -2.30. The highest BCUT2D eigenvalue weighted by Crippen LogP contribution is 2.35. The highest BCUT2D eigenvalue weighted by atomic mass is 16.5. The van der Waals surface area contributed by atoms with Crippen LogP contribution in [0.2, 0.25) is 0 Å². The van der Waals surface area contributed by atoms with Gasteiger partial charge in [-0.15, -0.1) is 0 Å². The van der Waals surface area contributed by atoms with Crippen molar-refractivity contribution in [3.63, 3.8) is 0 Å². The lowest BCUT2D eigenvalue weighted by atomic mass is 9.93. The summed E-state index contributed by atoms with van der Waals surface area (Å²) in [6.07, 6.45) is 1.70. The number of fused-ring (bicyclic) bond motifs is 1. The van der Waals surface area contributed by atoms with Crippen LogP contribution in [-0.2, 0) is 17.8 Å². The predicted octanol–water partition coefficient (Wildman–Crippen LogP) is 1.06. The van der Waals surface area contributed by atoms with E-state index in [2.05, 4.69) is 16.0 Å². The Bertz CT molecular complexity index is 579. The number of nitriles is 1. The summed E-state index contributed by atoms with van der Waals surface area (Å²) in [5, 5.41) is 22.1. The lowest BCUT2D eigenvalue weighted by molar-refractivity contribution is 0.0694. The van der Waals surface area contributed by atoms with Crippen LogP contribution >= 0.6 is 0 Å². The summed E-state index contributed by atoms with van der Waals surface area (Å²) < 4.78 is 7.42. The molecule has 1 aromatic heterocycles. The molecule has 0 amide bonds. The third-order valence-electron chi connectivity index (χ3n) is 4.15. The van der Waals surface area contributed by atoms with Crippen LogP contribution in [0.15, 0.2) is 0 Å². The molecule has 6 heteroatoms. The molecule has 2 aliphatic rings. The normalized spacial score (nSPS) is 19.4. The molecule has 0 bridgehead atoms. The summed E-state index contributed by atoms with van der Waals surface area (Å²) in [7, 11) is 0. The molecule has 2 aliphatic heterocycles. The molecule has 0 radical (unpaired) electrons. The molecule has 6 nitrogen and oxygen atoms in total. The number of hydrogen-bond donors (Lipinski definition) is 2. The van der Waals surface area contributed by atoms with Crippen molar-refractivity contribution in [2.45, 2.75) is 31.8 Å². The van der Waals surface area contributed by atoms with Gasteiger partial charge in [-0.25, -0.2) is 4.79 Å².